The van der Waals surface area contributed by atoms with Crippen LogP contribution in [0, 0.1) is 3.57 Å². The maximum Gasteiger partial charge on any atom is 0.0485 e. The van der Waals surface area contributed by atoms with Crippen LogP contribution >= 0.6 is 50.1 Å². The maximum atomic E-state index is 5.89. The molecule has 0 saturated heterocycles. The number of hydrogen-bond acceptors (Lipinski definition) is 1. The number of hydrogen-bond donors (Lipinski definition) is 1. The zero-order valence-electron chi connectivity index (χ0n) is 9.75. The topological polar surface area (TPSA) is 12.0 Å². The molecular weight excluding hydrogens is 424 g/mol. The molecule has 0 aliphatic rings. The van der Waals surface area contributed by atoms with Crippen molar-refractivity contribution in [3.8, 4) is 0 Å². The third kappa shape index (κ3) is 3.62. The molecule has 0 aliphatic carbocycles. The Morgan fingerprint density at radius 1 is 1.17 bits per heavy atom. The van der Waals surface area contributed by atoms with Crippen molar-refractivity contribution in [1.82, 2.24) is 0 Å². The van der Waals surface area contributed by atoms with Gasteiger partial charge in [-0.2, -0.15) is 0 Å². The largest absolute Gasteiger partial charge is 0.378 e. The van der Waals surface area contributed by atoms with Gasteiger partial charge < -0.3 is 5.32 Å². The first-order valence-electron chi connectivity index (χ1n) is 5.53. The van der Waals surface area contributed by atoms with Crippen molar-refractivity contribution in [2.24, 2.45) is 0 Å². The zero-order chi connectivity index (χ0) is 13.1. The van der Waals surface area contributed by atoms with Gasteiger partial charge in [0.2, 0.25) is 0 Å². The first kappa shape index (κ1) is 14.2. The third-order valence-corrected chi connectivity index (χ3v) is 5.26. The van der Waals surface area contributed by atoms with Crippen molar-refractivity contribution < 1.29 is 0 Å². The number of anilines is 1. The van der Waals surface area contributed by atoms with Crippen molar-refractivity contribution in [3.63, 3.8) is 0 Å². The van der Waals surface area contributed by atoms with Crippen molar-refractivity contribution in [2.45, 2.75) is 13.0 Å². The number of halogens is 3. The SMILES string of the molecule is CC(Nc1ccc(I)c(Br)c1)c1ccc(Cl)cc1. The summed E-state index contributed by atoms with van der Waals surface area (Å²) in [7, 11) is 0. The van der Waals surface area contributed by atoms with E-state index in [1.54, 1.807) is 0 Å². The summed E-state index contributed by atoms with van der Waals surface area (Å²) in [5.74, 6) is 0. The smallest absolute Gasteiger partial charge is 0.0485 e. The molecule has 1 unspecified atom stereocenters. The van der Waals surface area contributed by atoms with Crippen LogP contribution in [-0.4, -0.2) is 0 Å². The molecule has 18 heavy (non-hydrogen) atoms. The minimum atomic E-state index is 0.245. The molecule has 0 fully saturated rings. The lowest BCUT2D eigenvalue weighted by Crippen LogP contribution is -2.06. The molecule has 2 aromatic rings. The van der Waals surface area contributed by atoms with Crippen molar-refractivity contribution in [1.29, 1.82) is 0 Å². The third-order valence-electron chi connectivity index (χ3n) is 2.67. The van der Waals surface area contributed by atoms with Crippen LogP contribution in [0.25, 0.3) is 0 Å². The van der Waals surface area contributed by atoms with Gasteiger partial charge in [-0.05, 0) is 81.3 Å². The van der Waals surface area contributed by atoms with Gasteiger partial charge in [0.15, 0.2) is 0 Å². The lowest BCUT2D eigenvalue weighted by Gasteiger charge is -2.16. The molecule has 0 aliphatic heterocycles. The Hall–Kier alpha value is -0.260. The monoisotopic (exact) mass is 435 g/mol. The molecule has 1 nitrogen and oxygen atoms in total. The molecule has 1 N–H and O–H groups in total. The maximum absolute atomic E-state index is 5.89. The molecule has 4 heteroatoms. The zero-order valence-corrected chi connectivity index (χ0v) is 14.3. The minimum Gasteiger partial charge on any atom is -0.378 e. The van der Waals surface area contributed by atoms with Crippen molar-refractivity contribution in [3.05, 3.63) is 61.1 Å². The molecule has 2 aromatic carbocycles. The average Bonchev–Trinajstić information content (AvgIpc) is 2.34. The summed E-state index contributed by atoms with van der Waals surface area (Å²) in [6.45, 7) is 2.13. The van der Waals surface area contributed by atoms with E-state index in [4.69, 9.17) is 11.6 Å². The van der Waals surface area contributed by atoms with Crippen LogP contribution in [0.1, 0.15) is 18.5 Å². The van der Waals surface area contributed by atoms with Crippen molar-refractivity contribution >= 4 is 55.8 Å². The van der Waals surface area contributed by atoms with Crippen LogP contribution in [0.2, 0.25) is 5.02 Å². The van der Waals surface area contributed by atoms with Gasteiger partial charge >= 0.3 is 0 Å². The van der Waals surface area contributed by atoms with Gasteiger partial charge in [-0.1, -0.05) is 23.7 Å². The fourth-order valence-corrected chi connectivity index (χ4v) is 2.51. The molecule has 94 valence electrons. The molecule has 1 atom stereocenters. The van der Waals surface area contributed by atoms with Gasteiger partial charge in [0.05, 0.1) is 0 Å². The highest BCUT2D eigenvalue weighted by atomic mass is 127. The van der Waals surface area contributed by atoms with E-state index in [-0.39, 0.29) is 6.04 Å². The van der Waals surface area contributed by atoms with Crippen LogP contribution in [0.5, 0.6) is 0 Å². The van der Waals surface area contributed by atoms with E-state index in [1.807, 2.05) is 24.3 Å². The molecule has 0 amide bonds. The van der Waals surface area contributed by atoms with Crippen molar-refractivity contribution in [2.75, 3.05) is 5.32 Å². The van der Waals surface area contributed by atoms with Crippen LogP contribution in [-0.2, 0) is 0 Å². The van der Waals surface area contributed by atoms with E-state index < -0.39 is 0 Å². The molecule has 0 saturated carbocycles. The predicted molar refractivity (Wildman–Crippen MR) is 90.3 cm³/mol. The summed E-state index contributed by atoms with van der Waals surface area (Å²) in [5.41, 5.74) is 2.32. The van der Waals surface area contributed by atoms with Crippen LogP contribution < -0.4 is 5.32 Å². The Bertz CT molecular complexity index is 542. The second-order valence-electron chi connectivity index (χ2n) is 4.05. The summed E-state index contributed by atoms with van der Waals surface area (Å²) in [6, 6.07) is 14.4. The van der Waals surface area contributed by atoms with E-state index in [0.717, 1.165) is 15.2 Å². The molecule has 0 aromatic heterocycles. The standard InChI is InChI=1S/C14H12BrClIN/c1-9(10-2-4-11(16)5-3-10)18-12-6-7-14(17)13(15)8-12/h2-9,18H,1H3. The Balaban J connectivity index is 2.13. The minimum absolute atomic E-state index is 0.245. The van der Waals surface area contributed by atoms with Gasteiger partial charge in [-0.25, -0.2) is 0 Å². The first-order valence-corrected chi connectivity index (χ1v) is 7.78. The van der Waals surface area contributed by atoms with E-state index in [2.05, 4.69) is 69.0 Å². The second kappa shape index (κ2) is 6.26. The molecule has 0 radical (unpaired) electrons. The van der Waals surface area contributed by atoms with E-state index in [9.17, 15) is 0 Å². The number of nitrogens with one attached hydrogen (secondary N) is 1. The Kier molecular flexibility index (Phi) is 4.92. The molecule has 0 heterocycles. The molecule has 0 bridgehead atoms. The van der Waals surface area contributed by atoms with Gasteiger partial charge in [-0.3, -0.25) is 0 Å². The van der Waals surface area contributed by atoms with Crippen LogP contribution in [0.3, 0.4) is 0 Å². The molecule has 0 spiro atoms. The lowest BCUT2D eigenvalue weighted by molar-refractivity contribution is 0.884. The summed E-state index contributed by atoms with van der Waals surface area (Å²) in [6.07, 6.45) is 0. The first-order chi connectivity index (χ1) is 8.56. The highest BCUT2D eigenvalue weighted by Crippen LogP contribution is 2.26. The Morgan fingerprint density at radius 3 is 2.44 bits per heavy atom. The van der Waals surface area contributed by atoms with Gasteiger partial charge in [0.1, 0.15) is 0 Å². The quantitative estimate of drug-likeness (QED) is 0.593. The van der Waals surface area contributed by atoms with E-state index >= 15 is 0 Å². The predicted octanol–water partition coefficient (Wildman–Crippen LogP) is 5.88. The normalized spacial score (nSPS) is 12.2. The lowest BCUT2D eigenvalue weighted by atomic mass is 10.1. The molecule has 2 rings (SSSR count). The highest BCUT2D eigenvalue weighted by Gasteiger charge is 2.06. The fraction of sp³-hybridized carbons (Fsp3) is 0.143. The Labute approximate surface area is 134 Å². The summed E-state index contributed by atoms with van der Waals surface area (Å²) in [5, 5.41) is 4.24. The van der Waals surface area contributed by atoms with Gasteiger partial charge in [0, 0.05) is 24.8 Å². The van der Waals surface area contributed by atoms with E-state index in [0.29, 0.717) is 0 Å². The number of benzene rings is 2. The van der Waals surface area contributed by atoms with Gasteiger partial charge in [-0.15, -0.1) is 0 Å². The molecular formula is C14H12BrClIN. The summed E-state index contributed by atoms with van der Waals surface area (Å²) < 4.78 is 2.31. The fourth-order valence-electron chi connectivity index (χ4n) is 1.67. The van der Waals surface area contributed by atoms with Gasteiger partial charge in [0.25, 0.3) is 0 Å². The second-order valence-corrected chi connectivity index (χ2v) is 6.50. The van der Waals surface area contributed by atoms with E-state index in [1.165, 1.54) is 9.13 Å². The van der Waals surface area contributed by atoms with Crippen LogP contribution in [0.15, 0.2) is 46.9 Å². The summed E-state index contributed by atoms with van der Waals surface area (Å²) >= 11 is 11.7. The summed E-state index contributed by atoms with van der Waals surface area (Å²) in [4.78, 5) is 0. The average molecular weight is 437 g/mol. The Morgan fingerprint density at radius 2 is 1.83 bits per heavy atom. The van der Waals surface area contributed by atoms with Crippen LogP contribution in [0.4, 0.5) is 5.69 Å². The highest BCUT2D eigenvalue weighted by molar-refractivity contribution is 14.1. The number of rotatable bonds is 3.